The van der Waals surface area contributed by atoms with Gasteiger partial charge in [0.2, 0.25) is 5.91 Å². The molecule has 20 heavy (non-hydrogen) atoms. The lowest BCUT2D eigenvalue weighted by molar-refractivity contribution is -0.124. The van der Waals surface area contributed by atoms with Crippen molar-refractivity contribution in [1.29, 1.82) is 0 Å². The van der Waals surface area contributed by atoms with E-state index >= 15 is 0 Å². The third-order valence-corrected chi connectivity index (χ3v) is 5.21. The van der Waals surface area contributed by atoms with Gasteiger partial charge in [-0.25, -0.2) is 9.78 Å². The fourth-order valence-corrected chi connectivity index (χ4v) is 3.94. The molecule has 0 saturated carbocycles. The summed E-state index contributed by atoms with van der Waals surface area (Å²) in [4.78, 5) is 28.9. The van der Waals surface area contributed by atoms with Crippen molar-refractivity contribution in [2.24, 2.45) is 0 Å². The predicted octanol–water partition coefficient (Wildman–Crippen LogP) is 2.59. The molecule has 2 heterocycles. The van der Waals surface area contributed by atoms with Gasteiger partial charge < -0.3 is 5.32 Å². The number of benzene rings is 1. The Kier molecular flexibility index (Phi) is 3.82. The lowest BCUT2D eigenvalue weighted by Crippen LogP contribution is -2.35. The second-order valence-corrected chi connectivity index (χ2v) is 6.85. The molecule has 8 heteroatoms. The maximum atomic E-state index is 11.9. The molecule has 3 rings (SSSR count). The minimum absolute atomic E-state index is 0.192. The number of thioether (sulfide) groups is 1. The summed E-state index contributed by atoms with van der Waals surface area (Å²) in [5, 5.41) is 3.25. The first kappa shape index (κ1) is 13.7. The van der Waals surface area contributed by atoms with Crippen molar-refractivity contribution in [3.63, 3.8) is 0 Å². The molecule has 104 valence electrons. The van der Waals surface area contributed by atoms with Crippen LogP contribution in [0, 0.1) is 0 Å². The van der Waals surface area contributed by atoms with Gasteiger partial charge in [-0.05, 0) is 18.2 Å². The number of fused-ring (bicyclic) bond motifs is 1. The van der Waals surface area contributed by atoms with E-state index in [1.54, 1.807) is 6.07 Å². The zero-order chi connectivity index (χ0) is 14.1. The summed E-state index contributed by atoms with van der Waals surface area (Å²) in [7, 11) is 0. The Balaban J connectivity index is 1.67. The van der Waals surface area contributed by atoms with Crippen molar-refractivity contribution in [1.82, 2.24) is 15.2 Å². The number of carbonyl (C=O) groups is 2. The Labute approximate surface area is 128 Å². The number of aromatic nitrogens is 1. The fraction of sp³-hybridized carbons (Fsp3) is 0.250. The minimum atomic E-state index is -0.313. The van der Waals surface area contributed by atoms with Crippen molar-refractivity contribution in [3.05, 3.63) is 23.2 Å². The van der Waals surface area contributed by atoms with Crippen molar-refractivity contribution in [3.8, 4) is 0 Å². The summed E-state index contributed by atoms with van der Waals surface area (Å²) >= 11 is 8.77. The zero-order valence-corrected chi connectivity index (χ0v) is 12.6. The van der Waals surface area contributed by atoms with Gasteiger partial charge >= 0.3 is 6.03 Å². The van der Waals surface area contributed by atoms with E-state index in [1.165, 1.54) is 28.0 Å². The van der Waals surface area contributed by atoms with Crippen LogP contribution in [0.5, 0.6) is 0 Å². The molecular formula is C12H10ClN3O2S2. The summed E-state index contributed by atoms with van der Waals surface area (Å²) in [6.45, 7) is 0.961. The highest BCUT2D eigenvalue weighted by atomic mass is 35.5. The molecule has 1 aromatic heterocycles. The van der Waals surface area contributed by atoms with E-state index in [4.69, 9.17) is 11.6 Å². The quantitative estimate of drug-likeness (QED) is 0.880. The monoisotopic (exact) mass is 327 g/mol. The van der Waals surface area contributed by atoms with Gasteiger partial charge in [-0.2, -0.15) is 0 Å². The number of thiazole rings is 1. The molecule has 0 unspecified atom stereocenters. The first-order chi connectivity index (χ1) is 9.63. The van der Waals surface area contributed by atoms with E-state index in [1.807, 2.05) is 12.1 Å². The Hall–Kier alpha value is -1.31. The molecule has 3 amide bonds. The molecular weight excluding hydrogens is 318 g/mol. The number of carbonyl (C=O) groups excluding carboxylic acids is 2. The number of hydrogen-bond donors (Lipinski definition) is 1. The van der Waals surface area contributed by atoms with E-state index in [9.17, 15) is 9.59 Å². The Morgan fingerprint density at radius 1 is 1.55 bits per heavy atom. The molecule has 0 aliphatic carbocycles. The van der Waals surface area contributed by atoms with Gasteiger partial charge in [-0.1, -0.05) is 23.4 Å². The predicted molar refractivity (Wildman–Crippen MR) is 80.5 cm³/mol. The molecule has 0 bridgehead atoms. The number of nitrogens with zero attached hydrogens (tertiary/aromatic N) is 2. The van der Waals surface area contributed by atoms with Gasteiger partial charge in [0.15, 0.2) is 4.34 Å². The van der Waals surface area contributed by atoms with E-state index in [0.717, 1.165) is 14.6 Å². The van der Waals surface area contributed by atoms with E-state index in [-0.39, 0.29) is 17.7 Å². The van der Waals surface area contributed by atoms with Crippen LogP contribution in [0.25, 0.3) is 10.2 Å². The summed E-state index contributed by atoms with van der Waals surface area (Å²) in [6.07, 6.45) is 0. The lowest BCUT2D eigenvalue weighted by atomic mass is 10.3. The SMILES string of the molecule is O=C(CSc1nc2cc(Cl)ccc2s1)N1CCNC1=O. The van der Waals surface area contributed by atoms with Gasteiger partial charge in [0.25, 0.3) is 0 Å². The number of imide groups is 1. The summed E-state index contributed by atoms with van der Waals surface area (Å²) in [5.41, 5.74) is 0.830. The average Bonchev–Trinajstić information content (AvgIpc) is 3.01. The van der Waals surface area contributed by atoms with Crippen molar-refractivity contribution >= 4 is 56.9 Å². The Morgan fingerprint density at radius 2 is 2.40 bits per heavy atom. The second kappa shape index (κ2) is 5.59. The normalized spacial score (nSPS) is 14.8. The molecule has 2 aromatic rings. The second-order valence-electron chi connectivity index (χ2n) is 4.16. The molecule has 1 saturated heterocycles. The van der Waals surface area contributed by atoms with Crippen molar-refractivity contribution in [2.45, 2.75) is 4.34 Å². The highest BCUT2D eigenvalue weighted by molar-refractivity contribution is 8.01. The summed E-state index contributed by atoms with van der Waals surface area (Å²) in [5.74, 6) is 0.0170. The van der Waals surface area contributed by atoms with Crippen LogP contribution >= 0.6 is 34.7 Å². The van der Waals surface area contributed by atoms with Gasteiger partial charge in [-0.15, -0.1) is 11.3 Å². The maximum absolute atomic E-state index is 11.9. The standard InChI is InChI=1S/C12H10ClN3O2S2/c13-7-1-2-9-8(5-7)15-12(20-9)19-6-10(17)16-4-3-14-11(16)18/h1-2,5H,3-4,6H2,(H,14,18). The number of halogens is 1. The molecule has 1 aliphatic rings. The zero-order valence-electron chi connectivity index (χ0n) is 10.3. The van der Waals surface area contributed by atoms with Crippen LogP contribution in [0.1, 0.15) is 0 Å². The molecule has 0 radical (unpaired) electrons. The molecule has 5 nitrogen and oxygen atoms in total. The van der Waals surface area contributed by atoms with Crippen molar-refractivity contribution in [2.75, 3.05) is 18.8 Å². The first-order valence-corrected chi connectivity index (χ1v) is 8.08. The Bertz CT molecular complexity index is 688. The Morgan fingerprint density at radius 3 is 3.15 bits per heavy atom. The highest BCUT2D eigenvalue weighted by Crippen LogP contribution is 2.31. The van der Waals surface area contributed by atoms with Gasteiger partial charge in [0.1, 0.15) is 0 Å². The first-order valence-electron chi connectivity index (χ1n) is 5.90. The summed E-state index contributed by atoms with van der Waals surface area (Å²) in [6, 6.07) is 5.21. The molecule has 0 atom stereocenters. The van der Waals surface area contributed by atoms with Crippen LogP contribution in [0.15, 0.2) is 22.5 Å². The van der Waals surface area contributed by atoms with E-state index in [0.29, 0.717) is 18.1 Å². The average molecular weight is 328 g/mol. The minimum Gasteiger partial charge on any atom is -0.336 e. The van der Waals surface area contributed by atoms with E-state index < -0.39 is 0 Å². The van der Waals surface area contributed by atoms with Crippen LogP contribution in [0.4, 0.5) is 4.79 Å². The number of rotatable bonds is 3. The lowest BCUT2D eigenvalue weighted by Gasteiger charge is -2.10. The molecule has 1 aromatic carbocycles. The van der Waals surface area contributed by atoms with Crippen LogP contribution in [0.3, 0.4) is 0 Å². The van der Waals surface area contributed by atoms with Crippen LogP contribution in [-0.4, -0.2) is 40.7 Å². The smallest absolute Gasteiger partial charge is 0.324 e. The topological polar surface area (TPSA) is 62.3 Å². The number of urea groups is 1. The van der Waals surface area contributed by atoms with Crippen molar-refractivity contribution < 1.29 is 9.59 Å². The highest BCUT2D eigenvalue weighted by Gasteiger charge is 2.26. The third kappa shape index (κ3) is 2.74. The molecule has 1 fully saturated rings. The largest absolute Gasteiger partial charge is 0.336 e. The summed E-state index contributed by atoms with van der Waals surface area (Å²) < 4.78 is 1.83. The number of nitrogens with one attached hydrogen (secondary N) is 1. The van der Waals surface area contributed by atoms with Crippen LogP contribution in [0.2, 0.25) is 5.02 Å². The van der Waals surface area contributed by atoms with Gasteiger partial charge in [0.05, 0.1) is 16.0 Å². The van der Waals surface area contributed by atoms with E-state index in [2.05, 4.69) is 10.3 Å². The molecule has 1 N–H and O–H groups in total. The van der Waals surface area contributed by atoms with Gasteiger partial charge in [-0.3, -0.25) is 9.69 Å². The maximum Gasteiger partial charge on any atom is 0.324 e. The fourth-order valence-electron chi connectivity index (χ4n) is 1.85. The third-order valence-electron chi connectivity index (χ3n) is 2.81. The molecule has 1 aliphatic heterocycles. The van der Waals surface area contributed by atoms with Gasteiger partial charge in [0, 0.05) is 18.1 Å². The number of amides is 3. The number of hydrogen-bond acceptors (Lipinski definition) is 5. The molecule has 0 spiro atoms. The van der Waals surface area contributed by atoms with Crippen LogP contribution in [-0.2, 0) is 4.79 Å². The van der Waals surface area contributed by atoms with Crippen LogP contribution < -0.4 is 5.32 Å².